The van der Waals surface area contributed by atoms with E-state index >= 15 is 0 Å². The molecule has 0 aliphatic heterocycles. The van der Waals surface area contributed by atoms with Crippen molar-refractivity contribution in [1.29, 1.82) is 0 Å². The van der Waals surface area contributed by atoms with E-state index in [1.165, 1.54) is 11.3 Å². The molecule has 6 nitrogen and oxygen atoms in total. The normalized spacial score (nSPS) is 11.8. The number of rotatable bonds is 5. The summed E-state index contributed by atoms with van der Waals surface area (Å²) in [6, 6.07) is 1.82. The lowest BCUT2D eigenvalue weighted by molar-refractivity contribution is -0.140. The summed E-state index contributed by atoms with van der Waals surface area (Å²) in [5.74, 6) is -1.27. The molecular weight excluding hydrogens is 232 g/mol. The predicted octanol–water partition coefficient (Wildman–Crippen LogP) is -0.00720. The SMILES string of the molecule is O=C(NCc1cccs1)N[C@@H](CO)C(=O)O. The van der Waals surface area contributed by atoms with Crippen molar-refractivity contribution in [2.24, 2.45) is 0 Å². The molecule has 0 aliphatic carbocycles. The minimum absolute atomic E-state index is 0.335. The van der Waals surface area contributed by atoms with Crippen molar-refractivity contribution in [2.75, 3.05) is 6.61 Å². The predicted molar refractivity (Wildman–Crippen MR) is 58.2 cm³/mol. The first-order valence-corrected chi connectivity index (χ1v) is 5.42. The fraction of sp³-hybridized carbons (Fsp3) is 0.333. The van der Waals surface area contributed by atoms with Crippen LogP contribution in [0.5, 0.6) is 0 Å². The van der Waals surface area contributed by atoms with Crippen molar-refractivity contribution in [1.82, 2.24) is 10.6 Å². The first-order chi connectivity index (χ1) is 7.63. The van der Waals surface area contributed by atoms with E-state index in [4.69, 9.17) is 10.2 Å². The van der Waals surface area contributed by atoms with Gasteiger partial charge in [0.05, 0.1) is 13.2 Å². The van der Waals surface area contributed by atoms with Gasteiger partial charge in [0, 0.05) is 4.88 Å². The maximum atomic E-state index is 11.2. The maximum Gasteiger partial charge on any atom is 0.328 e. The topological polar surface area (TPSA) is 98.7 Å². The molecule has 1 heterocycles. The number of aliphatic hydroxyl groups is 1. The lowest BCUT2D eigenvalue weighted by Gasteiger charge is -2.11. The summed E-state index contributed by atoms with van der Waals surface area (Å²) < 4.78 is 0. The van der Waals surface area contributed by atoms with E-state index in [0.29, 0.717) is 6.54 Å². The summed E-state index contributed by atoms with van der Waals surface area (Å²) in [5.41, 5.74) is 0. The standard InChI is InChI=1S/C9H12N2O4S/c12-5-7(8(13)14)11-9(15)10-4-6-2-1-3-16-6/h1-3,7,12H,4-5H2,(H,13,14)(H2,10,11,15)/t7-/m0/s1. The molecule has 16 heavy (non-hydrogen) atoms. The van der Waals surface area contributed by atoms with E-state index in [1.54, 1.807) is 0 Å². The zero-order valence-electron chi connectivity index (χ0n) is 8.34. The third-order valence-electron chi connectivity index (χ3n) is 1.79. The largest absolute Gasteiger partial charge is 0.480 e. The van der Waals surface area contributed by atoms with Crippen LogP contribution < -0.4 is 10.6 Å². The molecule has 7 heteroatoms. The monoisotopic (exact) mass is 244 g/mol. The van der Waals surface area contributed by atoms with Gasteiger partial charge < -0.3 is 20.8 Å². The van der Waals surface area contributed by atoms with Gasteiger partial charge in [0.25, 0.3) is 0 Å². The van der Waals surface area contributed by atoms with Gasteiger partial charge in [0.2, 0.25) is 0 Å². The maximum absolute atomic E-state index is 11.2. The van der Waals surface area contributed by atoms with E-state index in [-0.39, 0.29) is 0 Å². The van der Waals surface area contributed by atoms with E-state index in [0.717, 1.165) is 4.88 Å². The number of aliphatic carboxylic acids is 1. The Kier molecular flexibility index (Phi) is 4.74. The number of carbonyl (C=O) groups excluding carboxylic acids is 1. The summed E-state index contributed by atoms with van der Waals surface area (Å²) in [5, 5.41) is 23.8. The molecule has 1 aromatic rings. The van der Waals surface area contributed by atoms with Crippen molar-refractivity contribution >= 4 is 23.3 Å². The number of hydrogen-bond donors (Lipinski definition) is 4. The molecule has 0 bridgehead atoms. The Hall–Kier alpha value is -1.60. The van der Waals surface area contributed by atoms with Crippen LogP contribution in [-0.4, -0.2) is 34.9 Å². The van der Waals surface area contributed by atoms with Gasteiger partial charge in [-0.2, -0.15) is 0 Å². The van der Waals surface area contributed by atoms with E-state index in [9.17, 15) is 9.59 Å². The third kappa shape index (κ3) is 3.87. The van der Waals surface area contributed by atoms with E-state index < -0.39 is 24.6 Å². The quantitative estimate of drug-likeness (QED) is 0.585. The van der Waals surface area contributed by atoms with Gasteiger partial charge >= 0.3 is 12.0 Å². The highest BCUT2D eigenvalue weighted by Crippen LogP contribution is 2.06. The summed E-state index contributed by atoms with van der Waals surface area (Å²) in [6.45, 7) is -0.303. The summed E-state index contributed by atoms with van der Waals surface area (Å²) in [7, 11) is 0. The fourth-order valence-electron chi connectivity index (χ4n) is 0.975. The second-order valence-electron chi connectivity index (χ2n) is 2.98. The summed E-state index contributed by atoms with van der Waals surface area (Å²) in [6.07, 6.45) is 0. The molecule has 4 N–H and O–H groups in total. The second-order valence-corrected chi connectivity index (χ2v) is 4.01. The van der Waals surface area contributed by atoms with Gasteiger partial charge in [-0.05, 0) is 11.4 Å². The number of carbonyl (C=O) groups is 2. The van der Waals surface area contributed by atoms with Gasteiger partial charge in [-0.25, -0.2) is 9.59 Å². The molecule has 1 aromatic heterocycles. The van der Waals surface area contributed by atoms with Gasteiger partial charge in [0.1, 0.15) is 0 Å². The minimum atomic E-state index is -1.27. The molecule has 0 aromatic carbocycles. The number of carboxylic acids is 1. The zero-order valence-corrected chi connectivity index (χ0v) is 9.16. The molecular formula is C9H12N2O4S. The van der Waals surface area contributed by atoms with Crippen LogP contribution in [0, 0.1) is 0 Å². The van der Waals surface area contributed by atoms with Crippen molar-refractivity contribution in [2.45, 2.75) is 12.6 Å². The molecule has 1 atom stereocenters. The van der Waals surface area contributed by atoms with Crippen LogP contribution in [-0.2, 0) is 11.3 Å². The third-order valence-corrected chi connectivity index (χ3v) is 2.67. The van der Waals surface area contributed by atoms with Gasteiger partial charge in [-0.15, -0.1) is 11.3 Å². The molecule has 0 fully saturated rings. The molecule has 0 spiro atoms. The van der Waals surface area contributed by atoms with Crippen molar-refractivity contribution in [3.05, 3.63) is 22.4 Å². The van der Waals surface area contributed by atoms with E-state index in [1.807, 2.05) is 17.5 Å². The molecule has 1 rings (SSSR count). The Morgan fingerprint density at radius 1 is 1.50 bits per heavy atom. The number of hydrogen-bond acceptors (Lipinski definition) is 4. The van der Waals surface area contributed by atoms with Crippen LogP contribution in [0.3, 0.4) is 0 Å². The summed E-state index contributed by atoms with van der Waals surface area (Å²) >= 11 is 1.49. The average molecular weight is 244 g/mol. The Morgan fingerprint density at radius 2 is 2.25 bits per heavy atom. The Labute approximate surface area is 95.9 Å². The fourth-order valence-corrected chi connectivity index (χ4v) is 1.62. The number of urea groups is 1. The highest BCUT2D eigenvalue weighted by molar-refractivity contribution is 7.09. The van der Waals surface area contributed by atoms with Crippen LogP contribution >= 0.6 is 11.3 Å². The van der Waals surface area contributed by atoms with E-state index in [2.05, 4.69) is 10.6 Å². The van der Waals surface area contributed by atoms with Crippen molar-refractivity contribution < 1.29 is 19.8 Å². The van der Waals surface area contributed by atoms with Crippen molar-refractivity contribution in [3.8, 4) is 0 Å². The first kappa shape index (κ1) is 12.5. The Morgan fingerprint density at radius 3 is 2.75 bits per heavy atom. The number of amides is 2. The van der Waals surface area contributed by atoms with Crippen LogP contribution in [0.25, 0.3) is 0 Å². The zero-order chi connectivity index (χ0) is 12.0. The van der Waals surface area contributed by atoms with Crippen LogP contribution in [0.4, 0.5) is 4.79 Å². The van der Waals surface area contributed by atoms with Crippen LogP contribution in [0.2, 0.25) is 0 Å². The molecule has 0 saturated carbocycles. The smallest absolute Gasteiger partial charge is 0.328 e. The van der Waals surface area contributed by atoms with Crippen LogP contribution in [0.15, 0.2) is 17.5 Å². The highest BCUT2D eigenvalue weighted by Gasteiger charge is 2.18. The van der Waals surface area contributed by atoms with Gasteiger partial charge in [0.15, 0.2) is 6.04 Å². The molecule has 2 amide bonds. The minimum Gasteiger partial charge on any atom is -0.480 e. The Balaban J connectivity index is 2.33. The summed E-state index contributed by atoms with van der Waals surface area (Å²) in [4.78, 5) is 22.7. The first-order valence-electron chi connectivity index (χ1n) is 4.54. The van der Waals surface area contributed by atoms with Gasteiger partial charge in [-0.3, -0.25) is 0 Å². The molecule has 0 radical (unpaired) electrons. The molecule has 0 aliphatic rings. The average Bonchev–Trinajstić information content (AvgIpc) is 2.75. The Bertz CT molecular complexity index is 352. The number of nitrogens with one attached hydrogen (secondary N) is 2. The van der Waals surface area contributed by atoms with Gasteiger partial charge in [-0.1, -0.05) is 6.07 Å². The number of aliphatic hydroxyl groups excluding tert-OH is 1. The molecule has 0 saturated heterocycles. The highest BCUT2D eigenvalue weighted by atomic mass is 32.1. The number of carboxylic acid groups (broad SMARTS) is 1. The molecule has 0 unspecified atom stereocenters. The number of thiophene rings is 1. The van der Waals surface area contributed by atoms with Crippen LogP contribution in [0.1, 0.15) is 4.88 Å². The lowest BCUT2D eigenvalue weighted by atomic mass is 10.3. The second kappa shape index (κ2) is 6.09. The van der Waals surface area contributed by atoms with Crippen molar-refractivity contribution in [3.63, 3.8) is 0 Å². The molecule has 88 valence electrons. The lowest BCUT2D eigenvalue weighted by Crippen LogP contribution is -2.47.